The lowest BCUT2D eigenvalue weighted by molar-refractivity contribution is 0.824. The molecule has 58 valence electrons. The summed E-state index contributed by atoms with van der Waals surface area (Å²) in [5.74, 6) is 0. The van der Waals surface area contributed by atoms with E-state index in [9.17, 15) is 0 Å². The second-order valence-corrected chi connectivity index (χ2v) is 2.23. The third kappa shape index (κ3) is 3.28. The van der Waals surface area contributed by atoms with Crippen molar-refractivity contribution in [2.75, 3.05) is 0 Å². The van der Waals surface area contributed by atoms with E-state index < -0.39 is 0 Å². The highest BCUT2D eigenvalue weighted by molar-refractivity contribution is 6.41. The molecule has 1 aromatic carbocycles. The van der Waals surface area contributed by atoms with Crippen LogP contribution in [0.3, 0.4) is 0 Å². The SMILES string of the molecule is Cl.Clc1ccccc1Cl.O. The van der Waals surface area contributed by atoms with Gasteiger partial charge in [-0.15, -0.1) is 12.4 Å². The van der Waals surface area contributed by atoms with E-state index in [0.29, 0.717) is 10.0 Å². The highest BCUT2D eigenvalue weighted by atomic mass is 35.5. The molecule has 0 heterocycles. The van der Waals surface area contributed by atoms with Crippen molar-refractivity contribution < 1.29 is 5.48 Å². The first-order chi connectivity index (χ1) is 3.80. The van der Waals surface area contributed by atoms with Crippen molar-refractivity contribution >= 4 is 35.6 Å². The maximum absolute atomic E-state index is 5.58. The molecule has 0 aliphatic carbocycles. The molecule has 0 unspecified atom stereocenters. The summed E-state index contributed by atoms with van der Waals surface area (Å²) in [4.78, 5) is 0. The van der Waals surface area contributed by atoms with Gasteiger partial charge < -0.3 is 5.48 Å². The van der Waals surface area contributed by atoms with Crippen LogP contribution in [0.1, 0.15) is 0 Å². The summed E-state index contributed by atoms with van der Waals surface area (Å²) in [6, 6.07) is 7.19. The molecule has 0 saturated heterocycles. The molecular weight excluding hydrogens is 194 g/mol. The Morgan fingerprint density at radius 2 is 1.20 bits per heavy atom. The van der Waals surface area contributed by atoms with Crippen LogP contribution in [0.15, 0.2) is 24.3 Å². The number of halogens is 3. The Morgan fingerprint density at radius 3 is 1.40 bits per heavy atom. The molecule has 0 amide bonds. The van der Waals surface area contributed by atoms with Crippen molar-refractivity contribution in [1.29, 1.82) is 0 Å². The minimum absolute atomic E-state index is 0. The first kappa shape index (κ1) is 12.7. The molecule has 0 bridgehead atoms. The van der Waals surface area contributed by atoms with E-state index in [1.807, 2.05) is 12.1 Å². The molecule has 0 spiro atoms. The first-order valence-corrected chi connectivity index (χ1v) is 2.96. The lowest BCUT2D eigenvalue weighted by Gasteiger charge is -1.88. The number of rotatable bonds is 0. The summed E-state index contributed by atoms with van der Waals surface area (Å²) in [7, 11) is 0. The van der Waals surface area contributed by atoms with Crippen LogP contribution in [0.25, 0.3) is 0 Å². The summed E-state index contributed by atoms with van der Waals surface area (Å²) >= 11 is 11.2. The van der Waals surface area contributed by atoms with Crippen LogP contribution in [0, 0.1) is 0 Å². The second kappa shape index (κ2) is 5.81. The molecule has 1 nitrogen and oxygen atoms in total. The molecule has 1 aromatic rings. The molecule has 1 rings (SSSR count). The highest BCUT2D eigenvalue weighted by Gasteiger charge is 1.89. The average Bonchev–Trinajstić information content (AvgIpc) is 1.77. The molecule has 0 fully saturated rings. The van der Waals surface area contributed by atoms with E-state index >= 15 is 0 Å². The Kier molecular flexibility index (Phi) is 7.38. The van der Waals surface area contributed by atoms with Crippen LogP contribution in [-0.2, 0) is 0 Å². The van der Waals surface area contributed by atoms with Gasteiger partial charge in [0.25, 0.3) is 0 Å². The monoisotopic (exact) mass is 200 g/mol. The quantitative estimate of drug-likeness (QED) is 0.618. The molecule has 0 saturated carbocycles. The topological polar surface area (TPSA) is 31.5 Å². The Hall–Kier alpha value is 0.0500. The standard InChI is InChI=1S/C6H4Cl2.ClH.H2O/c7-5-3-1-2-4-6(5)8;;/h1-4H;1H;1H2. The van der Waals surface area contributed by atoms with Gasteiger partial charge in [0, 0.05) is 0 Å². The van der Waals surface area contributed by atoms with Crippen LogP contribution in [0.5, 0.6) is 0 Å². The Labute approximate surface area is 75.7 Å². The molecule has 4 heteroatoms. The van der Waals surface area contributed by atoms with Crippen molar-refractivity contribution in [3.8, 4) is 0 Å². The molecule has 2 N–H and O–H groups in total. The van der Waals surface area contributed by atoms with Crippen molar-refractivity contribution in [3.05, 3.63) is 34.3 Å². The molecular formula is C6H7Cl3O. The van der Waals surface area contributed by atoms with Crippen molar-refractivity contribution in [2.45, 2.75) is 0 Å². The van der Waals surface area contributed by atoms with Gasteiger partial charge in [-0.3, -0.25) is 0 Å². The number of benzene rings is 1. The lowest BCUT2D eigenvalue weighted by atomic mass is 10.4. The van der Waals surface area contributed by atoms with Gasteiger partial charge in [0.1, 0.15) is 0 Å². The Morgan fingerprint density at radius 1 is 0.900 bits per heavy atom. The van der Waals surface area contributed by atoms with E-state index in [1.54, 1.807) is 12.1 Å². The fourth-order valence-electron chi connectivity index (χ4n) is 0.439. The van der Waals surface area contributed by atoms with E-state index in [-0.39, 0.29) is 17.9 Å². The minimum atomic E-state index is 0. The highest BCUT2D eigenvalue weighted by Crippen LogP contribution is 2.19. The summed E-state index contributed by atoms with van der Waals surface area (Å²) in [6.07, 6.45) is 0. The van der Waals surface area contributed by atoms with Gasteiger partial charge in [-0.05, 0) is 12.1 Å². The van der Waals surface area contributed by atoms with Gasteiger partial charge in [0.05, 0.1) is 10.0 Å². The van der Waals surface area contributed by atoms with Crippen molar-refractivity contribution in [2.24, 2.45) is 0 Å². The van der Waals surface area contributed by atoms with Gasteiger partial charge in [-0.2, -0.15) is 0 Å². The summed E-state index contributed by atoms with van der Waals surface area (Å²) in [6.45, 7) is 0. The Bertz CT molecular complexity index is 169. The first-order valence-electron chi connectivity index (χ1n) is 2.21. The second-order valence-electron chi connectivity index (χ2n) is 1.41. The van der Waals surface area contributed by atoms with E-state index in [2.05, 4.69) is 0 Å². The molecule has 0 aliphatic heterocycles. The fourth-order valence-corrected chi connectivity index (χ4v) is 0.711. The zero-order chi connectivity index (χ0) is 5.98. The third-order valence-electron chi connectivity index (χ3n) is 0.824. The molecule has 0 radical (unpaired) electrons. The molecule has 0 aromatic heterocycles. The van der Waals surface area contributed by atoms with Crippen LogP contribution in [-0.4, -0.2) is 5.48 Å². The van der Waals surface area contributed by atoms with Crippen molar-refractivity contribution in [3.63, 3.8) is 0 Å². The van der Waals surface area contributed by atoms with Gasteiger partial charge in [-0.25, -0.2) is 0 Å². The van der Waals surface area contributed by atoms with Gasteiger partial charge in [-0.1, -0.05) is 35.3 Å². The molecule has 0 atom stereocenters. The average molecular weight is 201 g/mol. The molecule has 0 aliphatic rings. The Balaban J connectivity index is 0. The third-order valence-corrected chi connectivity index (χ3v) is 1.58. The normalized spacial score (nSPS) is 7.40. The summed E-state index contributed by atoms with van der Waals surface area (Å²) in [5, 5.41) is 1.21. The van der Waals surface area contributed by atoms with Gasteiger partial charge in [0.15, 0.2) is 0 Å². The van der Waals surface area contributed by atoms with Gasteiger partial charge >= 0.3 is 0 Å². The van der Waals surface area contributed by atoms with Gasteiger partial charge in [0.2, 0.25) is 0 Å². The zero-order valence-electron chi connectivity index (χ0n) is 4.97. The maximum Gasteiger partial charge on any atom is 0.0592 e. The minimum Gasteiger partial charge on any atom is -0.412 e. The van der Waals surface area contributed by atoms with E-state index in [1.165, 1.54) is 0 Å². The van der Waals surface area contributed by atoms with E-state index in [0.717, 1.165) is 0 Å². The summed E-state index contributed by atoms with van der Waals surface area (Å²) in [5.41, 5.74) is 0. The fraction of sp³-hybridized carbons (Fsp3) is 0. The van der Waals surface area contributed by atoms with Crippen LogP contribution in [0.4, 0.5) is 0 Å². The van der Waals surface area contributed by atoms with Crippen LogP contribution in [0.2, 0.25) is 10.0 Å². The van der Waals surface area contributed by atoms with Crippen LogP contribution < -0.4 is 0 Å². The summed E-state index contributed by atoms with van der Waals surface area (Å²) < 4.78 is 0. The maximum atomic E-state index is 5.58. The number of hydrogen-bond acceptors (Lipinski definition) is 0. The lowest BCUT2D eigenvalue weighted by Crippen LogP contribution is -1.62. The smallest absolute Gasteiger partial charge is 0.0592 e. The number of hydrogen-bond donors (Lipinski definition) is 0. The predicted molar refractivity (Wildman–Crippen MR) is 47.3 cm³/mol. The predicted octanol–water partition coefficient (Wildman–Crippen LogP) is 2.59. The van der Waals surface area contributed by atoms with Crippen molar-refractivity contribution in [1.82, 2.24) is 0 Å². The largest absolute Gasteiger partial charge is 0.412 e. The van der Waals surface area contributed by atoms with Crippen LogP contribution >= 0.6 is 35.6 Å². The zero-order valence-corrected chi connectivity index (χ0v) is 7.30. The van der Waals surface area contributed by atoms with E-state index in [4.69, 9.17) is 23.2 Å². The molecule has 10 heavy (non-hydrogen) atoms.